The average Bonchev–Trinajstić information content (AvgIpc) is 2.28. The molecule has 0 amide bonds. The van der Waals surface area contributed by atoms with Crippen LogP contribution in [0.15, 0.2) is 29.2 Å². The van der Waals surface area contributed by atoms with Crippen LogP contribution in [0.1, 0.15) is 38.7 Å². The minimum Gasteiger partial charge on any atom is -0.207 e. The monoisotopic (exact) mass is 267 g/mol. The molecule has 0 radical (unpaired) electrons. The van der Waals surface area contributed by atoms with Gasteiger partial charge in [0.15, 0.2) is 0 Å². The van der Waals surface area contributed by atoms with Gasteiger partial charge < -0.3 is 0 Å². The molecule has 1 aromatic rings. The summed E-state index contributed by atoms with van der Waals surface area (Å²) in [6.45, 7) is 5.86. The third-order valence-electron chi connectivity index (χ3n) is 3.76. The SMILES string of the molecule is Cc1ccccc1S(=O)(=O)N1C(C)CCCC1C. The summed E-state index contributed by atoms with van der Waals surface area (Å²) in [4.78, 5) is 0.450. The summed E-state index contributed by atoms with van der Waals surface area (Å²) >= 11 is 0. The van der Waals surface area contributed by atoms with E-state index in [0.717, 1.165) is 24.8 Å². The molecule has 0 N–H and O–H groups in total. The van der Waals surface area contributed by atoms with Crippen molar-refractivity contribution in [3.63, 3.8) is 0 Å². The van der Waals surface area contributed by atoms with Crippen molar-refractivity contribution in [2.24, 2.45) is 0 Å². The molecule has 0 bridgehead atoms. The number of sulfonamides is 1. The standard InChI is InChI=1S/C14H21NO2S/c1-11-7-4-5-10-14(11)18(16,17)15-12(2)8-6-9-13(15)3/h4-5,7,10,12-13H,6,8-9H2,1-3H3. The first-order valence-electron chi connectivity index (χ1n) is 6.53. The van der Waals surface area contributed by atoms with E-state index in [2.05, 4.69) is 0 Å². The van der Waals surface area contributed by atoms with Crippen LogP contribution in [-0.2, 0) is 10.0 Å². The average molecular weight is 267 g/mol. The Balaban J connectivity index is 2.45. The Morgan fingerprint density at radius 3 is 2.22 bits per heavy atom. The van der Waals surface area contributed by atoms with E-state index in [1.807, 2.05) is 32.9 Å². The number of nitrogens with zero attached hydrogens (tertiary/aromatic N) is 1. The second kappa shape index (κ2) is 5.02. The normalized spacial score (nSPS) is 26.2. The van der Waals surface area contributed by atoms with Gasteiger partial charge in [-0.2, -0.15) is 4.31 Å². The van der Waals surface area contributed by atoms with Gasteiger partial charge in [-0.25, -0.2) is 8.42 Å². The predicted octanol–water partition coefficient (Wildman–Crippen LogP) is 2.95. The van der Waals surface area contributed by atoms with E-state index >= 15 is 0 Å². The van der Waals surface area contributed by atoms with Crippen LogP contribution in [0.4, 0.5) is 0 Å². The van der Waals surface area contributed by atoms with E-state index in [1.54, 1.807) is 16.4 Å². The van der Waals surface area contributed by atoms with Crippen molar-refractivity contribution in [2.75, 3.05) is 0 Å². The summed E-state index contributed by atoms with van der Waals surface area (Å²) < 4.78 is 27.2. The summed E-state index contributed by atoms with van der Waals surface area (Å²) in [5.41, 5.74) is 0.822. The molecule has 3 nitrogen and oxygen atoms in total. The lowest BCUT2D eigenvalue weighted by Crippen LogP contribution is -2.47. The van der Waals surface area contributed by atoms with Crippen LogP contribution in [0, 0.1) is 6.92 Å². The lowest BCUT2D eigenvalue weighted by atomic mass is 10.0. The number of piperidine rings is 1. The van der Waals surface area contributed by atoms with Gasteiger partial charge in [0.2, 0.25) is 10.0 Å². The molecular formula is C14H21NO2S. The van der Waals surface area contributed by atoms with Crippen LogP contribution in [0.2, 0.25) is 0 Å². The summed E-state index contributed by atoms with van der Waals surface area (Å²) in [6, 6.07) is 7.42. The minimum atomic E-state index is -3.36. The molecule has 1 aliphatic rings. The van der Waals surface area contributed by atoms with Gasteiger partial charge in [-0.1, -0.05) is 24.6 Å². The lowest BCUT2D eigenvalue weighted by molar-refractivity contribution is 0.204. The Hall–Kier alpha value is -0.870. The molecular weight excluding hydrogens is 246 g/mol. The van der Waals surface area contributed by atoms with Crippen molar-refractivity contribution in [3.8, 4) is 0 Å². The highest BCUT2D eigenvalue weighted by molar-refractivity contribution is 7.89. The van der Waals surface area contributed by atoms with Crippen molar-refractivity contribution in [3.05, 3.63) is 29.8 Å². The molecule has 0 saturated carbocycles. The van der Waals surface area contributed by atoms with Gasteiger partial charge in [0, 0.05) is 12.1 Å². The van der Waals surface area contributed by atoms with Crippen molar-refractivity contribution < 1.29 is 8.42 Å². The Labute approximate surface area is 110 Å². The third kappa shape index (κ3) is 2.31. The second-order valence-electron chi connectivity index (χ2n) is 5.23. The summed E-state index contributed by atoms with van der Waals surface area (Å²) in [6.07, 6.45) is 3.02. The number of hydrogen-bond acceptors (Lipinski definition) is 2. The van der Waals surface area contributed by atoms with Gasteiger partial charge in [-0.05, 0) is 45.2 Å². The number of aryl methyl sites for hydroxylation is 1. The number of hydrogen-bond donors (Lipinski definition) is 0. The fourth-order valence-corrected chi connectivity index (χ4v) is 4.94. The van der Waals surface area contributed by atoms with E-state index in [-0.39, 0.29) is 12.1 Å². The lowest BCUT2D eigenvalue weighted by Gasteiger charge is -2.37. The summed E-state index contributed by atoms with van der Waals surface area (Å²) in [5.74, 6) is 0. The molecule has 4 heteroatoms. The van der Waals surface area contributed by atoms with E-state index < -0.39 is 10.0 Å². The van der Waals surface area contributed by atoms with Crippen LogP contribution >= 0.6 is 0 Å². The summed E-state index contributed by atoms with van der Waals surface area (Å²) in [5, 5.41) is 0. The van der Waals surface area contributed by atoms with Gasteiger partial charge in [-0.15, -0.1) is 0 Å². The van der Waals surface area contributed by atoms with Crippen LogP contribution in [0.25, 0.3) is 0 Å². The maximum atomic E-state index is 12.8. The fraction of sp³-hybridized carbons (Fsp3) is 0.571. The first kappa shape index (κ1) is 13.6. The zero-order valence-electron chi connectivity index (χ0n) is 11.3. The van der Waals surface area contributed by atoms with E-state index in [4.69, 9.17) is 0 Å². The summed E-state index contributed by atoms with van der Waals surface area (Å²) in [7, 11) is -3.36. The Morgan fingerprint density at radius 1 is 1.11 bits per heavy atom. The Morgan fingerprint density at radius 2 is 1.67 bits per heavy atom. The molecule has 2 unspecified atom stereocenters. The molecule has 0 aromatic heterocycles. The second-order valence-corrected chi connectivity index (χ2v) is 7.04. The molecule has 1 fully saturated rings. The Kier molecular flexibility index (Phi) is 3.78. The van der Waals surface area contributed by atoms with Crippen molar-refractivity contribution >= 4 is 10.0 Å². The van der Waals surface area contributed by atoms with E-state index in [9.17, 15) is 8.42 Å². The topological polar surface area (TPSA) is 37.4 Å². The zero-order valence-corrected chi connectivity index (χ0v) is 12.1. The molecule has 100 valence electrons. The number of benzene rings is 1. The smallest absolute Gasteiger partial charge is 0.207 e. The third-order valence-corrected chi connectivity index (χ3v) is 6.05. The van der Waals surface area contributed by atoms with Gasteiger partial charge in [-0.3, -0.25) is 0 Å². The van der Waals surface area contributed by atoms with Crippen molar-refractivity contribution in [1.82, 2.24) is 4.31 Å². The fourth-order valence-electron chi connectivity index (χ4n) is 2.83. The van der Waals surface area contributed by atoms with Gasteiger partial charge in [0.1, 0.15) is 0 Å². The Bertz CT molecular complexity index is 514. The molecule has 0 spiro atoms. The molecule has 0 aliphatic carbocycles. The maximum Gasteiger partial charge on any atom is 0.243 e. The van der Waals surface area contributed by atoms with Crippen molar-refractivity contribution in [1.29, 1.82) is 0 Å². The highest BCUT2D eigenvalue weighted by Gasteiger charge is 2.36. The molecule has 18 heavy (non-hydrogen) atoms. The quantitative estimate of drug-likeness (QED) is 0.826. The molecule has 1 aliphatic heterocycles. The van der Waals surface area contributed by atoms with Crippen LogP contribution in [-0.4, -0.2) is 24.8 Å². The van der Waals surface area contributed by atoms with Crippen LogP contribution in [0.5, 0.6) is 0 Å². The largest absolute Gasteiger partial charge is 0.243 e. The van der Waals surface area contributed by atoms with Crippen LogP contribution < -0.4 is 0 Å². The highest BCUT2D eigenvalue weighted by atomic mass is 32.2. The number of rotatable bonds is 2. The minimum absolute atomic E-state index is 0.0957. The predicted molar refractivity (Wildman–Crippen MR) is 73.0 cm³/mol. The highest BCUT2D eigenvalue weighted by Crippen LogP contribution is 2.30. The first-order chi connectivity index (χ1) is 8.44. The first-order valence-corrected chi connectivity index (χ1v) is 7.98. The van der Waals surface area contributed by atoms with Crippen molar-refractivity contribution in [2.45, 2.75) is 57.0 Å². The molecule has 2 atom stereocenters. The molecule has 2 rings (SSSR count). The van der Waals surface area contributed by atoms with Crippen LogP contribution in [0.3, 0.4) is 0 Å². The molecule has 1 heterocycles. The van der Waals surface area contributed by atoms with E-state index in [1.165, 1.54) is 0 Å². The van der Waals surface area contributed by atoms with Gasteiger partial charge in [0.25, 0.3) is 0 Å². The molecule has 1 saturated heterocycles. The van der Waals surface area contributed by atoms with Gasteiger partial charge >= 0.3 is 0 Å². The van der Waals surface area contributed by atoms with Gasteiger partial charge in [0.05, 0.1) is 4.90 Å². The zero-order chi connectivity index (χ0) is 13.3. The molecule has 1 aromatic carbocycles. The maximum absolute atomic E-state index is 12.8. The van der Waals surface area contributed by atoms with E-state index in [0.29, 0.717) is 4.90 Å².